The SMILES string of the molecule is N#Cc1cc(Br)c(OC(=O)Oc2ccccc2)cc1C#N. The highest BCUT2D eigenvalue weighted by atomic mass is 79.9. The second-order valence-electron chi connectivity index (χ2n) is 3.82. The van der Waals surface area contributed by atoms with Crippen LogP contribution in [0.2, 0.25) is 0 Å². The van der Waals surface area contributed by atoms with Crippen LogP contribution in [0, 0.1) is 22.7 Å². The Morgan fingerprint density at radius 2 is 1.62 bits per heavy atom. The molecule has 21 heavy (non-hydrogen) atoms. The third-order valence-corrected chi connectivity index (χ3v) is 3.07. The largest absolute Gasteiger partial charge is 0.519 e. The van der Waals surface area contributed by atoms with Gasteiger partial charge in [-0.15, -0.1) is 0 Å². The lowest BCUT2D eigenvalue weighted by Gasteiger charge is -2.08. The first kappa shape index (κ1) is 14.6. The standard InChI is InChI=1S/C15H7BrN2O3/c16-13-6-10(8-17)11(9-18)7-14(13)21-15(19)20-12-4-2-1-3-5-12/h1-7H. The van der Waals surface area contributed by atoms with Gasteiger partial charge >= 0.3 is 6.16 Å². The number of benzene rings is 2. The van der Waals surface area contributed by atoms with E-state index in [1.54, 1.807) is 30.3 Å². The van der Waals surface area contributed by atoms with Gasteiger partial charge in [0.2, 0.25) is 0 Å². The maximum Gasteiger partial charge on any atom is 0.519 e. The molecular formula is C15H7BrN2O3. The fraction of sp³-hybridized carbons (Fsp3) is 0. The maximum atomic E-state index is 11.7. The van der Waals surface area contributed by atoms with Crippen LogP contribution in [0.1, 0.15) is 11.1 Å². The monoisotopic (exact) mass is 342 g/mol. The van der Waals surface area contributed by atoms with Crippen LogP contribution < -0.4 is 9.47 Å². The van der Waals surface area contributed by atoms with Crippen molar-refractivity contribution in [1.29, 1.82) is 10.5 Å². The summed E-state index contributed by atoms with van der Waals surface area (Å²) in [6.45, 7) is 0. The molecule has 0 bridgehead atoms. The van der Waals surface area contributed by atoms with Gasteiger partial charge < -0.3 is 9.47 Å². The van der Waals surface area contributed by atoms with Crippen molar-refractivity contribution in [2.24, 2.45) is 0 Å². The Hall–Kier alpha value is -2.83. The Kier molecular flexibility index (Phi) is 4.55. The van der Waals surface area contributed by atoms with Gasteiger partial charge in [0, 0.05) is 6.07 Å². The molecule has 0 spiro atoms. The third-order valence-electron chi connectivity index (χ3n) is 2.45. The highest BCUT2D eigenvalue weighted by molar-refractivity contribution is 9.10. The molecule has 0 saturated carbocycles. The van der Waals surface area contributed by atoms with Gasteiger partial charge in [-0.1, -0.05) is 18.2 Å². The average Bonchev–Trinajstić information content (AvgIpc) is 2.49. The highest BCUT2D eigenvalue weighted by Gasteiger charge is 2.14. The number of hydrogen-bond acceptors (Lipinski definition) is 5. The molecule has 0 aliphatic carbocycles. The van der Waals surface area contributed by atoms with Gasteiger partial charge in [0.1, 0.15) is 23.6 Å². The molecule has 2 aromatic rings. The number of ether oxygens (including phenoxy) is 2. The van der Waals surface area contributed by atoms with Crippen LogP contribution in [-0.4, -0.2) is 6.16 Å². The summed E-state index contributed by atoms with van der Waals surface area (Å²) >= 11 is 3.17. The summed E-state index contributed by atoms with van der Waals surface area (Å²) in [5, 5.41) is 17.8. The third kappa shape index (κ3) is 3.59. The van der Waals surface area contributed by atoms with Crippen molar-refractivity contribution in [2.75, 3.05) is 0 Å². The highest BCUT2D eigenvalue weighted by Crippen LogP contribution is 2.29. The van der Waals surface area contributed by atoms with E-state index in [0.29, 0.717) is 10.2 Å². The van der Waals surface area contributed by atoms with Crippen LogP contribution in [0.3, 0.4) is 0 Å². The molecule has 102 valence electrons. The summed E-state index contributed by atoms with van der Waals surface area (Å²) < 4.78 is 10.4. The van der Waals surface area contributed by atoms with Crippen LogP contribution in [0.25, 0.3) is 0 Å². The molecule has 2 rings (SSSR count). The first-order valence-corrected chi connectivity index (χ1v) is 6.52. The van der Waals surface area contributed by atoms with Gasteiger partial charge in [-0.25, -0.2) is 4.79 Å². The van der Waals surface area contributed by atoms with Crippen LogP contribution in [0.15, 0.2) is 46.9 Å². The molecule has 0 aliphatic heterocycles. The van der Waals surface area contributed by atoms with E-state index in [-0.39, 0.29) is 16.9 Å². The number of halogens is 1. The van der Waals surface area contributed by atoms with E-state index >= 15 is 0 Å². The predicted molar refractivity (Wildman–Crippen MR) is 76.7 cm³/mol. The molecule has 0 heterocycles. The Labute approximate surface area is 129 Å². The maximum absolute atomic E-state index is 11.7. The minimum absolute atomic E-state index is 0.103. The number of carbonyl (C=O) groups excluding carboxylic acids is 1. The topological polar surface area (TPSA) is 83.1 Å². The van der Waals surface area contributed by atoms with Crippen molar-refractivity contribution in [1.82, 2.24) is 0 Å². The smallest absolute Gasteiger partial charge is 0.395 e. The van der Waals surface area contributed by atoms with E-state index in [1.165, 1.54) is 12.1 Å². The van der Waals surface area contributed by atoms with Crippen LogP contribution in [0.5, 0.6) is 11.5 Å². The molecule has 5 nitrogen and oxygen atoms in total. The van der Waals surface area contributed by atoms with E-state index in [9.17, 15) is 4.79 Å². The van der Waals surface area contributed by atoms with Gasteiger partial charge in [0.25, 0.3) is 0 Å². The van der Waals surface area contributed by atoms with Crippen LogP contribution >= 0.6 is 15.9 Å². The Morgan fingerprint density at radius 3 is 2.24 bits per heavy atom. The summed E-state index contributed by atoms with van der Waals surface area (Å²) in [6.07, 6.45) is -0.935. The number of para-hydroxylation sites is 1. The average molecular weight is 343 g/mol. The molecular weight excluding hydrogens is 336 g/mol. The summed E-state index contributed by atoms with van der Waals surface area (Å²) in [5.41, 5.74) is 0.302. The minimum atomic E-state index is -0.935. The number of nitriles is 2. The number of carbonyl (C=O) groups is 1. The number of nitrogens with zero attached hydrogens (tertiary/aromatic N) is 2. The van der Waals surface area contributed by atoms with Crippen molar-refractivity contribution in [3.63, 3.8) is 0 Å². The molecule has 0 saturated heterocycles. The molecule has 0 aliphatic rings. The fourth-order valence-electron chi connectivity index (χ4n) is 1.51. The van der Waals surface area contributed by atoms with Crippen molar-refractivity contribution >= 4 is 22.1 Å². The van der Waals surface area contributed by atoms with Crippen molar-refractivity contribution in [2.45, 2.75) is 0 Å². The minimum Gasteiger partial charge on any atom is -0.395 e. The van der Waals surface area contributed by atoms with Crippen LogP contribution in [-0.2, 0) is 0 Å². The van der Waals surface area contributed by atoms with E-state index in [0.717, 1.165) is 0 Å². The summed E-state index contributed by atoms with van der Waals surface area (Å²) in [5.74, 6) is 0.444. The second kappa shape index (κ2) is 6.56. The predicted octanol–water partition coefficient (Wildman–Crippen LogP) is 3.77. The lowest BCUT2D eigenvalue weighted by molar-refractivity contribution is 0.151. The van der Waals surface area contributed by atoms with E-state index in [2.05, 4.69) is 15.9 Å². The van der Waals surface area contributed by atoms with E-state index in [4.69, 9.17) is 20.0 Å². The molecule has 0 atom stereocenters. The van der Waals surface area contributed by atoms with Crippen molar-refractivity contribution < 1.29 is 14.3 Å². The van der Waals surface area contributed by atoms with E-state index < -0.39 is 6.16 Å². The molecule has 2 aromatic carbocycles. The summed E-state index contributed by atoms with van der Waals surface area (Å²) in [4.78, 5) is 11.7. The fourth-order valence-corrected chi connectivity index (χ4v) is 1.94. The molecule has 0 N–H and O–H groups in total. The first-order valence-electron chi connectivity index (χ1n) is 5.72. The van der Waals surface area contributed by atoms with Gasteiger partial charge in [-0.3, -0.25) is 0 Å². The van der Waals surface area contributed by atoms with Gasteiger partial charge in [-0.05, 0) is 34.1 Å². The second-order valence-corrected chi connectivity index (χ2v) is 4.67. The lowest BCUT2D eigenvalue weighted by atomic mass is 10.1. The van der Waals surface area contributed by atoms with Crippen molar-refractivity contribution in [3.05, 3.63) is 58.1 Å². The van der Waals surface area contributed by atoms with Crippen LogP contribution in [0.4, 0.5) is 4.79 Å². The molecule has 0 aromatic heterocycles. The van der Waals surface area contributed by atoms with Gasteiger partial charge in [0.15, 0.2) is 0 Å². The van der Waals surface area contributed by atoms with E-state index in [1.807, 2.05) is 12.1 Å². The normalized spacial score (nSPS) is 9.29. The first-order chi connectivity index (χ1) is 10.1. The molecule has 0 unspecified atom stereocenters. The molecule has 0 radical (unpaired) electrons. The quantitative estimate of drug-likeness (QED) is 0.612. The summed E-state index contributed by atoms with van der Waals surface area (Å²) in [7, 11) is 0. The zero-order valence-electron chi connectivity index (χ0n) is 10.5. The summed E-state index contributed by atoms with van der Waals surface area (Å²) in [6, 6.07) is 14.9. The number of hydrogen-bond donors (Lipinski definition) is 0. The Morgan fingerprint density at radius 1 is 1.00 bits per heavy atom. The molecule has 0 fully saturated rings. The molecule has 6 heteroatoms. The van der Waals surface area contributed by atoms with Gasteiger partial charge in [0.05, 0.1) is 15.6 Å². The molecule has 0 amide bonds. The van der Waals surface area contributed by atoms with Gasteiger partial charge in [-0.2, -0.15) is 10.5 Å². The lowest BCUT2D eigenvalue weighted by Crippen LogP contribution is -2.14. The number of rotatable bonds is 2. The van der Waals surface area contributed by atoms with Crippen molar-refractivity contribution in [3.8, 4) is 23.6 Å². The zero-order chi connectivity index (χ0) is 15.2. The Balaban J connectivity index is 2.19. The Bertz CT molecular complexity index is 761. The zero-order valence-corrected chi connectivity index (χ0v) is 12.1.